The number of aryl methyl sites for hydroxylation is 1. The third-order valence-corrected chi connectivity index (χ3v) is 1.87. The van der Waals surface area contributed by atoms with Crippen molar-refractivity contribution < 1.29 is 4.74 Å². The van der Waals surface area contributed by atoms with E-state index in [1.165, 1.54) is 5.56 Å². The maximum Gasteiger partial charge on any atom is 0.120 e. The molecule has 0 bridgehead atoms. The maximum atomic E-state index is 5.14. The van der Waals surface area contributed by atoms with Crippen LogP contribution in [0.2, 0.25) is 0 Å². The van der Waals surface area contributed by atoms with Crippen molar-refractivity contribution in [3.8, 4) is 17.6 Å². The summed E-state index contributed by atoms with van der Waals surface area (Å²) in [7, 11) is 1.66. The van der Waals surface area contributed by atoms with E-state index in [-0.39, 0.29) is 0 Å². The molecule has 0 aliphatic heterocycles. The normalized spacial score (nSPS) is 8.85. The largest absolute Gasteiger partial charge is 0.497 e. The minimum Gasteiger partial charge on any atom is -0.497 e. The molecule has 0 saturated carbocycles. The monoisotopic (exact) mass is 238 g/mol. The second-order valence-corrected chi connectivity index (χ2v) is 3.24. The van der Waals surface area contributed by atoms with Gasteiger partial charge in [0.05, 0.1) is 12.4 Å². The van der Waals surface area contributed by atoms with Crippen LogP contribution in [0, 0.1) is 18.8 Å². The Balaban J connectivity index is 3.01. The van der Waals surface area contributed by atoms with Crippen LogP contribution in [0.5, 0.6) is 5.75 Å². The lowest BCUT2D eigenvalue weighted by Crippen LogP contribution is -1.85. The molecule has 1 aromatic carbocycles. The first kappa shape index (κ1) is 10.1. The van der Waals surface area contributed by atoms with E-state index in [1.54, 1.807) is 7.11 Å². The summed E-state index contributed by atoms with van der Waals surface area (Å²) < 4.78 is 5.14. The highest BCUT2D eigenvalue weighted by Crippen LogP contribution is 2.15. The number of benzene rings is 1. The molecule has 0 aliphatic carbocycles. The van der Waals surface area contributed by atoms with Gasteiger partial charge in [-0.3, -0.25) is 0 Å². The average molecular weight is 239 g/mol. The van der Waals surface area contributed by atoms with E-state index in [1.807, 2.05) is 25.1 Å². The number of methoxy groups -OCH3 is 1. The summed E-state index contributed by atoms with van der Waals surface area (Å²) >= 11 is 3.26. The molecule has 1 rings (SSSR count). The van der Waals surface area contributed by atoms with Crippen molar-refractivity contribution in [3.63, 3.8) is 0 Å². The number of halogens is 1. The Bertz CT molecular complexity index is 347. The molecular weight excluding hydrogens is 228 g/mol. The van der Waals surface area contributed by atoms with Gasteiger partial charge in [0.15, 0.2) is 0 Å². The van der Waals surface area contributed by atoms with E-state index in [2.05, 4.69) is 27.8 Å². The molecule has 0 N–H and O–H groups in total. The molecule has 0 aromatic heterocycles. The van der Waals surface area contributed by atoms with Crippen LogP contribution < -0.4 is 4.74 Å². The Morgan fingerprint density at radius 2 is 2.15 bits per heavy atom. The number of hydrogen-bond donors (Lipinski definition) is 0. The number of rotatable bonds is 1. The third-order valence-electron chi connectivity index (χ3n) is 1.59. The highest BCUT2D eigenvalue weighted by molar-refractivity contribution is 9.09. The predicted octanol–water partition coefficient (Wildman–Crippen LogP) is 2.75. The molecule has 0 unspecified atom stereocenters. The standard InChI is InChI=1S/C11H11BrO/c1-9-6-10(4-3-5-12)8-11(7-9)13-2/h6-8H,5H2,1-2H3. The summed E-state index contributed by atoms with van der Waals surface area (Å²) in [6.07, 6.45) is 0. The van der Waals surface area contributed by atoms with Crippen LogP contribution in [0.25, 0.3) is 0 Å². The van der Waals surface area contributed by atoms with Crippen LogP contribution in [0.15, 0.2) is 18.2 Å². The van der Waals surface area contributed by atoms with Crippen molar-refractivity contribution in [3.05, 3.63) is 29.3 Å². The molecule has 2 heteroatoms. The van der Waals surface area contributed by atoms with Crippen LogP contribution in [0.1, 0.15) is 11.1 Å². The van der Waals surface area contributed by atoms with Gasteiger partial charge < -0.3 is 4.74 Å². The fourth-order valence-corrected chi connectivity index (χ4v) is 1.21. The lowest BCUT2D eigenvalue weighted by atomic mass is 10.1. The van der Waals surface area contributed by atoms with Gasteiger partial charge in [-0.2, -0.15) is 0 Å². The zero-order valence-corrected chi connectivity index (χ0v) is 9.31. The lowest BCUT2D eigenvalue weighted by molar-refractivity contribution is 0.414. The molecule has 0 radical (unpaired) electrons. The van der Waals surface area contributed by atoms with Crippen molar-refractivity contribution in [2.45, 2.75) is 6.92 Å². The second kappa shape index (κ2) is 4.94. The number of alkyl halides is 1. The van der Waals surface area contributed by atoms with E-state index < -0.39 is 0 Å². The lowest BCUT2D eigenvalue weighted by Gasteiger charge is -2.01. The molecule has 0 atom stereocenters. The molecule has 1 nitrogen and oxygen atoms in total. The van der Waals surface area contributed by atoms with Crippen LogP contribution >= 0.6 is 15.9 Å². The molecule has 0 amide bonds. The molecule has 0 heterocycles. The Kier molecular flexibility index (Phi) is 3.85. The number of ether oxygens (including phenoxy) is 1. The summed E-state index contributed by atoms with van der Waals surface area (Å²) in [4.78, 5) is 0. The zero-order valence-electron chi connectivity index (χ0n) is 7.73. The summed E-state index contributed by atoms with van der Waals surface area (Å²) in [5.41, 5.74) is 2.16. The van der Waals surface area contributed by atoms with E-state index in [9.17, 15) is 0 Å². The third kappa shape index (κ3) is 3.12. The predicted molar refractivity (Wildman–Crippen MR) is 58.4 cm³/mol. The van der Waals surface area contributed by atoms with E-state index in [0.29, 0.717) is 5.33 Å². The summed E-state index contributed by atoms with van der Waals surface area (Å²) in [5.74, 6) is 6.85. The van der Waals surface area contributed by atoms with Gasteiger partial charge in [-0.1, -0.05) is 27.8 Å². The van der Waals surface area contributed by atoms with Crippen molar-refractivity contribution in [2.24, 2.45) is 0 Å². The van der Waals surface area contributed by atoms with Gasteiger partial charge in [-0.15, -0.1) is 0 Å². The minimum atomic E-state index is 0.698. The summed E-state index contributed by atoms with van der Waals surface area (Å²) in [6, 6.07) is 5.96. The zero-order chi connectivity index (χ0) is 9.68. The first-order chi connectivity index (χ1) is 6.26. The van der Waals surface area contributed by atoms with Gasteiger partial charge >= 0.3 is 0 Å². The molecule has 0 fully saturated rings. The van der Waals surface area contributed by atoms with Gasteiger partial charge in [0.2, 0.25) is 0 Å². The van der Waals surface area contributed by atoms with Gasteiger partial charge in [-0.05, 0) is 30.7 Å². The average Bonchev–Trinajstić information content (AvgIpc) is 2.14. The molecule has 0 aliphatic rings. The van der Waals surface area contributed by atoms with Crippen LogP contribution in [0.4, 0.5) is 0 Å². The first-order valence-electron chi connectivity index (χ1n) is 3.97. The van der Waals surface area contributed by atoms with Crippen LogP contribution in [0.3, 0.4) is 0 Å². The maximum absolute atomic E-state index is 5.14. The Morgan fingerprint density at radius 1 is 1.38 bits per heavy atom. The van der Waals surface area contributed by atoms with Crippen molar-refractivity contribution in [2.75, 3.05) is 12.4 Å². The molecule has 0 saturated heterocycles. The highest BCUT2D eigenvalue weighted by Gasteiger charge is 1.94. The molecule has 0 spiro atoms. The quantitative estimate of drug-likeness (QED) is 0.540. The van der Waals surface area contributed by atoms with Crippen molar-refractivity contribution >= 4 is 15.9 Å². The van der Waals surface area contributed by atoms with Crippen LogP contribution in [-0.4, -0.2) is 12.4 Å². The van der Waals surface area contributed by atoms with Gasteiger partial charge in [0.1, 0.15) is 5.75 Å². The highest BCUT2D eigenvalue weighted by atomic mass is 79.9. The molecule has 1 aromatic rings. The summed E-state index contributed by atoms with van der Waals surface area (Å²) in [6.45, 7) is 2.03. The van der Waals surface area contributed by atoms with E-state index in [4.69, 9.17) is 4.74 Å². The van der Waals surface area contributed by atoms with Gasteiger partial charge in [0, 0.05) is 5.56 Å². The Labute approximate surface area is 87.2 Å². The summed E-state index contributed by atoms with van der Waals surface area (Å²) in [5, 5.41) is 0.698. The van der Waals surface area contributed by atoms with Gasteiger partial charge in [-0.25, -0.2) is 0 Å². The smallest absolute Gasteiger partial charge is 0.120 e. The van der Waals surface area contributed by atoms with E-state index in [0.717, 1.165) is 11.3 Å². The minimum absolute atomic E-state index is 0.698. The molecular formula is C11H11BrO. The second-order valence-electron chi connectivity index (χ2n) is 2.67. The molecule has 68 valence electrons. The fraction of sp³-hybridized carbons (Fsp3) is 0.273. The fourth-order valence-electron chi connectivity index (χ4n) is 1.07. The van der Waals surface area contributed by atoms with Gasteiger partial charge in [0.25, 0.3) is 0 Å². The molecule has 13 heavy (non-hydrogen) atoms. The van der Waals surface area contributed by atoms with Crippen molar-refractivity contribution in [1.29, 1.82) is 0 Å². The number of hydrogen-bond acceptors (Lipinski definition) is 1. The SMILES string of the molecule is COc1cc(C)cc(C#CCBr)c1. The van der Waals surface area contributed by atoms with Crippen molar-refractivity contribution in [1.82, 2.24) is 0 Å². The Morgan fingerprint density at radius 3 is 2.77 bits per heavy atom. The van der Waals surface area contributed by atoms with Crippen LogP contribution in [-0.2, 0) is 0 Å². The Hall–Kier alpha value is -0.940. The topological polar surface area (TPSA) is 9.23 Å². The first-order valence-corrected chi connectivity index (χ1v) is 5.09. The van der Waals surface area contributed by atoms with E-state index >= 15 is 0 Å².